The Morgan fingerprint density at radius 3 is 2.80 bits per heavy atom. The van der Waals surface area contributed by atoms with Crippen LogP contribution in [0.1, 0.15) is 23.7 Å². The summed E-state index contributed by atoms with van der Waals surface area (Å²) in [6, 6.07) is 3.36. The SMILES string of the molecule is CCCNc1cc(C(=O)Nc2cnc(Br)cn2)ccn1. The Hall–Kier alpha value is -2.02. The van der Waals surface area contributed by atoms with E-state index in [1.807, 2.05) is 0 Å². The molecule has 0 fully saturated rings. The van der Waals surface area contributed by atoms with Gasteiger partial charge in [0.15, 0.2) is 5.82 Å². The predicted molar refractivity (Wildman–Crippen MR) is 80.7 cm³/mol. The normalized spacial score (nSPS) is 10.1. The minimum Gasteiger partial charge on any atom is -0.370 e. The number of carbonyl (C=O) groups excluding carboxylic acids is 1. The fourth-order valence-electron chi connectivity index (χ4n) is 1.49. The fourth-order valence-corrected chi connectivity index (χ4v) is 1.69. The van der Waals surface area contributed by atoms with Crippen LogP contribution in [0.25, 0.3) is 0 Å². The van der Waals surface area contributed by atoms with Crippen LogP contribution in [0.5, 0.6) is 0 Å². The first-order valence-corrected chi connectivity index (χ1v) is 6.97. The number of anilines is 2. The molecule has 7 heteroatoms. The highest BCUT2D eigenvalue weighted by Gasteiger charge is 2.08. The lowest BCUT2D eigenvalue weighted by molar-refractivity contribution is 0.102. The number of amides is 1. The van der Waals surface area contributed by atoms with Crippen molar-refractivity contribution in [3.63, 3.8) is 0 Å². The van der Waals surface area contributed by atoms with Crippen LogP contribution in [0.4, 0.5) is 11.6 Å². The quantitative estimate of drug-likeness (QED) is 0.878. The van der Waals surface area contributed by atoms with Gasteiger partial charge < -0.3 is 10.6 Å². The number of hydrogen-bond acceptors (Lipinski definition) is 5. The maximum atomic E-state index is 12.1. The van der Waals surface area contributed by atoms with Gasteiger partial charge in [-0.05, 0) is 34.5 Å². The van der Waals surface area contributed by atoms with Gasteiger partial charge in [-0.2, -0.15) is 0 Å². The van der Waals surface area contributed by atoms with Gasteiger partial charge in [0.2, 0.25) is 0 Å². The minimum absolute atomic E-state index is 0.247. The van der Waals surface area contributed by atoms with Crippen LogP contribution in [0.15, 0.2) is 35.3 Å². The molecule has 2 rings (SSSR count). The third-order valence-electron chi connectivity index (χ3n) is 2.44. The lowest BCUT2D eigenvalue weighted by atomic mass is 10.2. The summed E-state index contributed by atoms with van der Waals surface area (Å²) in [5, 5.41) is 5.82. The molecular weight excluding hydrogens is 322 g/mol. The zero-order valence-corrected chi connectivity index (χ0v) is 12.5. The van der Waals surface area contributed by atoms with Crippen molar-refractivity contribution >= 4 is 33.5 Å². The number of nitrogens with one attached hydrogen (secondary N) is 2. The molecular formula is C13H14BrN5O. The van der Waals surface area contributed by atoms with E-state index in [-0.39, 0.29) is 5.91 Å². The Morgan fingerprint density at radius 2 is 2.10 bits per heavy atom. The molecule has 0 aromatic carbocycles. The van der Waals surface area contributed by atoms with Crippen molar-refractivity contribution in [1.29, 1.82) is 0 Å². The van der Waals surface area contributed by atoms with E-state index in [9.17, 15) is 4.79 Å². The molecule has 0 spiro atoms. The molecule has 0 aliphatic carbocycles. The maximum absolute atomic E-state index is 12.1. The maximum Gasteiger partial charge on any atom is 0.257 e. The molecule has 6 nitrogen and oxygen atoms in total. The molecule has 0 aliphatic rings. The second-order valence-corrected chi connectivity index (χ2v) is 4.85. The van der Waals surface area contributed by atoms with Gasteiger partial charge in [-0.3, -0.25) is 4.79 Å². The predicted octanol–water partition coefficient (Wildman–Crippen LogP) is 2.71. The lowest BCUT2D eigenvalue weighted by Crippen LogP contribution is -2.14. The highest BCUT2D eigenvalue weighted by Crippen LogP contribution is 2.10. The first kappa shape index (κ1) is 14.4. The van der Waals surface area contributed by atoms with Gasteiger partial charge in [0.25, 0.3) is 5.91 Å². The average Bonchev–Trinajstić information content (AvgIpc) is 2.48. The van der Waals surface area contributed by atoms with Crippen LogP contribution in [0, 0.1) is 0 Å². The Bertz CT molecular complexity index is 588. The van der Waals surface area contributed by atoms with E-state index in [4.69, 9.17) is 0 Å². The van der Waals surface area contributed by atoms with E-state index in [1.54, 1.807) is 18.3 Å². The lowest BCUT2D eigenvalue weighted by Gasteiger charge is -2.07. The topological polar surface area (TPSA) is 79.8 Å². The molecule has 0 unspecified atom stereocenters. The number of carbonyl (C=O) groups is 1. The second kappa shape index (κ2) is 6.95. The Morgan fingerprint density at radius 1 is 1.25 bits per heavy atom. The molecule has 0 radical (unpaired) electrons. The average molecular weight is 336 g/mol. The van der Waals surface area contributed by atoms with Gasteiger partial charge in [0.05, 0.1) is 12.4 Å². The molecule has 104 valence electrons. The standard InChI is InChI=1S/C13H14BrN5O/c1-2-4-15-11-6-9(3-5-16-11)13(20)19-12-8-17-10(14)7-18-12/h3,5-8H,2,4H2,1H3,(H,15,16)(H,18,19,20). The molecule has 2 aromatic heterocycles. The molecule has 2 aromatic rings. The number of rotatable bonds is 5. The van der Waals surface area contributed by atoms with Gasteiger partial charge in [-0.1, -0.05) is 6.92 Å². The first-order valence-electron chi connectivity index (χ1n) is 6.18. The third kappa shape index (κ3) is 3.99. The summed E-state index contributed by atoms with van der Waals surface area (Å²) >= 11 is 3.19. The van der Waals surface area contributed by atoms with Gasteiger partial charge >= 0.3 is 0 Å². The minimum atomic E-state index is -0.247. The highest BCUT2D eigenvalue weighted by molar-refractivity contribution is 9.10. The van der Waals surface area contributed by atoms with Crippen molar-refractivity contribution in [2.75, 3.05) is 17.2 Å². The highest BCUT2D eigenvalue weighted by atomic mass is 79.9. The van der Waals surface area contributed by atoms with Crippen molar-refractivity contribution < 1.29 is 4.79 Å². The summed E-state index contributed by atoms with van der Waals surface area (Å²) in [4.78, 5) is 24.3. The summed E-state index contributed by atoms with van der Waals surface area (Å²) in [6.07, 6.45) is 5.60. The zero-order chi connectivity index (χ0) is 14.4. The van der Waals surface area contributed by atoms with Crippen molar-refractivity contribution in [2.45, 2.75) is 13.3 Å². The summed E-state index contributed by atoms with van der Waals surface area (Å²) < 4.78 is 0.616. The van der Waals surface area contributed by atoms with Crippen LogP contribution in [-0.4, -0.2) is 27.4 Å². The summed E-state index contributed by atoms with van der Waals surface area (Å²) in [5.41, 5.74) is 0.517. The molecule has 2 N–H and O–H groups in total. The molecule has 1 amide bonds. The molecule has 2 heterocycles. The van der Waals surface area contributed by atoms with E-state index < -0.39 is 0 Å². The summed E-state index contributed by atoms with van der Waals surface area (Å²) in [5.74, 6) is 0.836. The van der Waals surface area contributed by atoms with E-state index in [0.29, 0.717) is 21.8 Å². The number of aromatic nitrogens is 3. The molecule has 0 bridgehead atoms. The van der Waals surface area contributed by atoms with E-state index in [1.165, 1.54) is 12.4 Å². The van der Waals surface area contributed by atoms with Gasteiger partial charge in [-0.15, -0.1) is 0 Å². The monoisotopic (exact) mass is 335 g/mol. The van der Waals surface area contributed by atoms with E-state index in [0.717, 1.165) is 13.0 Å². The van der Waals surface area contributed by atoms with Gasteiger partial charge in [0.1, 0.15) is 10.4 Å². The Kier molecular flexibility index (Phi) is 5.00. The Labute approximate surface area is 125 Å². The van der Waals surface area contributed by atoms with Gasteiger partial charge in [-0.25, -0.2) is 15.0 Å². The van der Waals surface area contributed by atoms with E-state index >= 15 is 0 Å². The fraction of sp³-hybridized carbons (Fsp3) is 0.231. The molecule has 0 atom stereocenters. The first-order chi connectivity index (χ1) is 9.69. The largest absolute Gasteiger partial charge is 0.370 e. The van der Waals surface area contributed by atoms with Crippen LogP contribution in [0.3, 0.4) is 0 Å². The molecule has 0 saturated carbocycles. The Balaban J connectivity index is 2.06. The molecule has 20 heavy (non-hydrogen) atoms. The number of nitrogens with zero attached hydrogens (tertiary/aromatic N) is 3. The smallest absolute Gasteiger partial charge is 0.257 e. The van der Waals surface area contributed by atoms with Crippen LogP contribution < -0.4 is 10.6 Å². The number of pyridine rings is 1. The van der Waals surface area contributed by atoms with Crippen molar-refractivity contribution in [3.05, 3.63) is 40.9 Å². The van der Waals surface area contributed by atoms with Crippen molar-refractivity contribution in [2.24, 2.45) is 0 Å². The van der Waals surface area contributed by atoms with Crippen molar-refractivity contribution in [1.82, 2.24) is 15.0 Å². The van der Waals surface area contributed by atoms with Gasteiger partial charge in [0, 0.05) is 18.3 Å². The van der Waals surface area contributed by atoms with Crippen molar-refractivity contribution in [3.8, 4) is 0 Å². The summed E-state index contributed by atoms with van der Waals surface area (Å²) in [7, 11) is 0. The van der Waals surface area contributed by atoms with Crippen LogP contribution >= 0.6 is 15.9 Å². The number of hydrogen-bond donors (Lipinski definition) is 2. The van der Waals surface area contributed by atoms with E-state index in [2.05, 4.69) is 48.4 Å². The molecule has 0 aliphatic heterocycles. The van der Waals surface area contributed by atoms with Crippen LogP contribution in [-0.2, 0) is 0 Å². The third-order valence-corrected chi connectivity index (χ3v) is 2.85. The molecule has 0 saturated heterocycles. The number of halogens is 1. The zero-order valence-electron chi connectivity index (χ0n) is 10.9. The van der Waals surface area contributed by atoms with Crippen LogP contribution in [0.2, 0.25) is 0 Å². The summed E-state index contributed by atoms with van der Waals surface area (Å²) in [6.45, 7) is 2.88. The second-order valence-electron chi connectivity index (χ2n) is 4.04.